The second kappa shape index (κ2) is 6.94. The molecule has 3 rings (SSSR count). The molecule has 24 heavy (non-hydrogen) atoms. The number of ether oxygens (including phenoxy) is 2. The summed E-state index contributed by atoms with van der Waals surface area (Å²) in [6, 6.07) is 10.4. The number of hydrogen-bond donors (Lipinski definition) is 2. The molecule has 1 aromatic heterocycles. The number of para-hydroxylation sites is 1. The van der Waals surface area contributed by atoms with Crippen LogP contribution in [0.5, 0.6) is 11.5 Å². The smallest absolute Gasteiger partial charge is 0.262 e. The van der Waals surface area contributed by atoms with Crippen molar-refractivity contribution in [3.8, 4) is 11.5 Å². The quantitative estimate of drug-likeness (QED) is 0.723. The molecule has 0 atom stereocenters. The van der Waals surface area contributed by atoms with Crippen LogP contribution in [0.4, 0.5) is 10.8 Å². The van der Waals surface area contributed by atoms with Gasteiger partial charge in [0, 0.05) is 11.8 Å². The molecule has 8 heteroatoms. The number of amides is 1. The van der Waals surface area contributed by atoms with Crippen LogP contribution in [0.15, 0.2) is 36.4 Å². The van der Waals surface area contributed by atoms with Gasteiger partial charge in [0.2, 0.25) is 0 Å². The molecule has 0 saturated carbocycles. The Kier molecular flexibility index (Phi) is 4.73. The minimum absolute atomic E-state index is 0.158. The molecule has 0 saturated heterocycles. The van der Waals surface area contributed by atoms with Gasteiger partial charge in [-0.05, 0) is 18.2 Å². The van der Waals surface area contributed by atoms with E-state index in [1.54, 1.807) is 36.4 Å². The number of hydrogen-bond acceptors (Lipinski definition) is 6. The molecule has 0 fully saturated rings. The first-order chi connectivity index (χ1) is 11.6. The first-order valence-corrected chi connectivity index (χ1v) is 8.17. The average Bonchev–Trinajstić information content (AvgIpc) is 2.93. The fourth-order valence-corrected chi connectivity index (χ4v) is 3.13. The Morgan fingerprint density at radius 3 is 2.88 bits per heavy atom. The summed E-state index contributed by atoms with van der Waals surface area (Å²) in [6.07, 6.45) is 0. The van der Waals surface area contributed by atoms with Gasteiger partial charge in [-0.3, -0.25) is 4.79 Å². The first kappa shape index (κ1) is 16.4. The number of benzene rings is 2. The minimum Gasteiger partial charge on any atom is -0.494 e. The summed E-state index contributed by atoms with van der Waals surface area (Å²) < 4.78 is 11.5. The standard InChI is InChI=1S/C16H14ClN3O3S/c1-22-12-6-9(7-13-15(12)20-16(18)24-13)19-14(21)8-23-11-5-3-2-4-10(11)17/h2-7H,8H2,1H3,(H2,18,20)(H,19,21). The summed E-state index contributed by atoms with van der Waals surface area (Å²) >= 11 is 7.31. The second-order valence-electron chi connectivity index (χ2n) is 4.84. The Morgan fingerprint density at radius 1 is 1.33 bits per heavy atom. The van der Waals surface area contributed by atoms with Crippen molar-refractivity contribution in [2.24, 2.45) is 0 Å². The summed E-state index contributed by atoms with van der Waals surface area (Å²) in [7, 11) is 1.54. The lowest BCUT2D eigenvalue weighted by atomic mass is 10.2. The zero-order valence-electron chi connectivity index (χ0n) is 12.7. The van der Waals surface area contributed by atoms with Crippen molar-refractivity contribution in [2.75, 3.05) is 24.8 Å². The highest BCUT2D eigenvalue weighted by Crippen LogP contribution is 2.34. The van der Waals surface area contributed by atoms with E-state index in [1.165, 1.54) is 18.4 Å². The zero-order chi connectivity index (χ0) is 17.1. The number of aromatic nitrogens is 1. The molecule has 0 aliphatic carbocycles. The van der Waals surface area contributed by atoms with Crippen molar-refractivity contribution in [3.05, 3.63) is 41.4 Å². The Labute approximate surface area is 147 Å². The predicted molar refractivity (Wildman–Crippen MR) is 96.2 cm³/mol. The molecule has 124 valence electrons. The maximum absolute atomic E-state index is 12.1. The Balaban J connectivity index is 1.72. The van der Waals surface area contributed by atoms with Gasteiger partial charge in [0.1, 0.15) is 17.0 Å². The molecular weight excluding hydrogens is 350 g/mol. The van der Waals surface area contributed by atoms with Gasteiger partial charge in [-0.25, -0.2) is 4.98 Å². The second-order valence-corrected chi connectivity index (χ2v) is 6.31. The van der Waals surface area contributed by atoms with E-state index in [1.807, 2.05) is 0 Å². The highest BCUT2D eigenvalue weighted by Gasteiger charge is 2.12. The summed E-state index contributed by atoms with van der Waals surface area (Å²) in [5, 5.41) is 3.65. The maximum Gasteiger partial charge on any atom is 0.262 e. The number of thiazole rings is 1. The number of carbonyl (C=O) groups excluding carboxylic acids is 1. The fraction of sp³-hybridized carbons (Fsp3) is 0.125. The van der Waals surface area contributed by atoms with Crippen LogP contribution >= 0.6 is 22.9 Å². The molecule has 1 heterocycles. The van der Waals surface area contributed by atoms with Gasteiger partial charge in [0.15, 0.2) is 11.7 Å². The molecule has 0 unspecified atom stereocenters. The van der Waals surface area contributed by atoms with E-state index in [9.17, 15) is 4.79 Å². The van der Waals surface area contributed by atoms with Crippen LogP contribution in [-0.2, 0) is 4.79 Å². The number of halogens is 1. The predicted octanol–water partition coefficient (Wildman–Crippen LogP) is 3.56. The normalized spacial score (nSPS) is 10.6. The average molecular weight is 364 g/mol. The molecule has 0 radical (unpaired) electrons. The van der Waals surface area contributed by atoms with Crippen molar-refractivity contribution in [2.45, 2.75) is 0 Å². The fourth-order valence-electron chi connectivity index (χ4n) is 2.15. The van der Waals surface area contributed by atoms with Gasteiger partial charge in [-0.1, -0.05) is 35.1 Å². The van der Waals surface area contributed by atoms with Gasteiger partial charge in [-0.15, -0.1) is 0 Å². The summed E-state index contributed by atoms with van der Waals surface area (Å²) in [5.74, 6) is 0.689. The number of nitrogens with one attached hydrogen (secondary N) is 1. The largest absolute Gasteiger partial charge is 0.494 e. The van der Waals surface area contributed by atoms with Crippen LogP contribution in [0.1, 0.15) is 0 Å². The first-order valence-electron chi connectivity index (χ1n) is 6.98. The molecule has 2 aromatic carbocycles. The van der Waals surface area contributed by atoms with E-state index < -0.39 is 0 Å². The van der Waals surface area contributed by atoms with Gasteiger partial charge in [0.25, 0.3) is 5.91 Å². The molecular formula is C16H14ClN3O3S. The van der Waals surface area contributed by atoms with E-state index in [2.05, 4.69) is 10.3 Å². The van der Waals surface area contributed by atoms with E-state index in [-0.39, 0.29) is 12.5 Å². The van der Waals surface area contributed by atoms with Gasteiger partial charge in [-0.2, -0.15) is 0 Å². The van der Waals surface area contributed by atoms with E-state index in [4.69, 9.17) is 26.8 Å². The maximum atomic E-state index is 12.1. The van der Waals surface area contributed by atoms with Crippen LogP contribution in [0, 0.1) is 0 Å². The van der Waals surface area contributed by atoms with Crippen LogP contribution in [0.25, 0.3) is 10.2 Å². The molecule has 0 bridgehead atoms. The van der Waals surface area contributed by atoms with Crippen LogP contribution in [-0.4, -0.2) is 24.6 Å². The van der Waals surface area contributed by atoms with Crippen molar-refractivity contribution < 1.29 is 14.3 Å². The third kappa shape index (κ3) is 3.52. The van der Waals surface area contributed by atoms with Gasteiger partial charge in [0.05, 0.1) is 16.8 Å². The Hall–Kier alpha value is -2.51. The number of nitrogens with zero attached hydrogens (tertiary/aromatic N) is 1. The lowest BCUT2D eigenvalue weighted by Gasteiger charge is -2.10. The third-order valence-electron chi connectivity index (χ3n) is 3.18. The molecule has 3 N–H and O–H groups in total. The summed E-state index contributed by atoms with van der Waals surface area (Å²) in [5.41, 5.74) is 6.97. The van der Waals surface area contributed by atoms with Crippen LogP contribution < -0.4 is 20.5 Å². The lowest BCUT2D eigenvalue weighted by Crippen LogP contribution is -2.20. The highest BCUT2D eigenvalue weighted by molar-refractivity contribution is 7.22. The third-order valence-corrected chi connectivity index (χ3v) is 4.32. The minimum atomic E-state index is -0.311. The van der Waals surface area contributed by atoms with E-state index in [0.29, 0.717) is 32.9 Å². The number of carbonyl (C=O) groups is 1. The highest BCUT2D eigenvalue weighted by atomic mass is 35.5. The van der Waals surface area contributed by atoms with Crippen molar-refractivity contribution >= 4 is 49.9 Å². The number of methoxy groups -OCH3 is 1. The van der Waals surface area contributed by atoms with Crippen molar-refractivity contribution in [1.29, 1.82) is 0 Å². The summed E-state index contributed by atoms with van der Waals surface area (Å²) in [4.78, 5) is 16.3. The summed E-state index contributed by atoms with van der Waals surface area (Å²) in [6.45, 7) is -0.158. The number of nitrogen functional groups attached to an aromatic ring is 1. The molecule has 6 nitrogen and oxygen atoms in total. The molecule has 1 amide bonds. The monoisotopic (exact) mass is 363 g/mol. The zero-order valence-corrected chi connectivity index (χ0v) is 14.3. The number of nitrogens with two attached hydrogens (primary N) is 1. The molecule has 0 spiro atoms. The molecule has 3 aromatic rings. The topological polar surface area (TPSA) is 86.5 Å². The van der Waals surface area contributed by atoms with E-state index in [0.717, 1.165) is 4.70 Å². The van der Waals surface area contributed by atoms with Gasteiger partial charge < -0.3 is 20.5 Å². The number of anilines is 2. The van der Waals surface area contributed by atoms with Crippen LogP contribution in [0.2, 0.25) is 5.02 Å². The van der Waals surface area contributed by atoms with E-state index >= 15 is 0 Å². The number of rotatable bonds is 5. The van der Waals surface area contributed by atoms with Crippen molar-refractivity contribution in [1.82, 2.24) is 4.98 Å². The van der Waals surface area contributed by atoms with Gasteiger partial charge >= 0.3 is 0 Å². The lowest BCUT2D eigenvalue weighted by molar-refractivity contribution is -0.118. The Morgan fingerprint density at radius 2 is 2.12 bits per heavy atom. The Bertz CT molecular complexity index is 897. The number of fused-ring (bicyclic) bond motifs is 1. The SMILES string of the molecule is COc1cc(NC(=O)COc2ccccc2Cl)cc2sc(N)nc12. The van der Waals surface area contributed by atoms with Crippen LogP contribution in [0.3, 0.4) is 0 Å². The van der Waals surface area contributed by atoms with Crippen molar-refractivity contribution in [3.63, 3.8) is 0 Å². The molecule has 0 aliphatic heterocycles. The molecule has 0 aliphatic rings.